The summed E-state index contributed by atoms with van der Waals surface area (Å²) >= 11 is 0. The Kier molecular flexibility index (Phi) is 5.79. The molecular formula is C19H15F6N7O2. The van der Waals surface area contributed by atoms with Crippen LogP contribution in [-0.2, 0) is 21.9 Å². The number of alkyl halides is 6. The second kappa shape index (κ2) is 8.46. The molecule has 9 nitrogen and oxygen atoms in total. The van der Waals surface area contributed by atoms with Gasteiger partial charge in [-0.2, -0.15) is 26.3 Å². The predicted molar refractivity (Wildman–Crippen MR) is 105 cm³/mol. The number of aromatic nitrogens is 3. The summed E-state index contributed by atoms with van der Waals surface area (Å²) in [4.78, 5) is 34.1. The number of hydrogen-bond donors (Lipinski definition) is 1. The number of piperazine rings is 1. The van der Waals surface area contributed by atoms with Crippen LogP contribution >= 0.6 is 0 Å². The van der Waals surface area contributed by atoms with E-state index in [4.69, 9.17) is 0 Å². The summed E-state index contributed by atoms with van der Waals surface area (Å²) in [6.07, 6.45) is -6.96. The summed E-state index contributed by atoms with van der Waals surface area (Å²) in [6.45, 7) is 1.86. The molecule has 0 spiro atoms. The lowest BCUT2D eigenvalue weighted by atomic mass is 10.0. The summed E-state index contributed by atoms with van der Waals surface area (Å²) in [5.74, 6) is -1.32. The minimum absolute atomic E-state index is 0.00296. The lowest BCUT2D eigenvalue weighted by molar-refractivity contribution is -0.143. The van der Waals surface area contributed by atoms with Gasteiger partial charge in [0.25, 0.3) is 5.91 Å². The molecule has 1 saturated heterocycles. The normalized spacial score (nSPS) is 16.8. The highest BCUT2D eigenvalue weighted by Gasteiger charge is 2.37. The van der Waals surface area contributed by atoms with Crippen LogP contribution < -0.4 is 5.43 Å². The van der Waals surface area contributed by atoms with Gasteiger partial charge < -0.3 is 4.90 Å². The van der Waals surface area contributed by atoms with Crippen molar-refractivity contribution in [1.82, 2.24) is 30.1 Å². The van der Waals surface area contributed by atoms with E-state index in [0.29, 0.717) is 31.8 Å². The number of nitrogens with one attached hydrogen (secondary N) is 1. The molecule has 3 heterocycles. The van der Waals surface area contributed by atoms with E-state index in [1.54, 1.807) is 4.90 Å². The molecule has 2 aliphatic rings. The first-order valence-electron chi connectivity index (χ1n) is 9.73. The Hall–Kier alpha value is -3.91. The molecule has 0 radical (unpaired) electrons. The summed E-state index contributed by atoms with van der Waals surface area (Å²) < 4.78 is 79.2. The number of amidine groups is 1. The molecule has 15 heteroatoms. The molecule has 2 aromatic rings. The lowest BCUT2D eigenvalue weighted by Crippen LogP contribution is -2.58. The molecular weight excluding hydrogens is 472 g/mol. The van der Waals surface area contributed by atoms with Gasteiger partial charge in [0.05, 0.1) is 24.2 Å². The van der Waals surface area contributed by atoms with E-state index in [0.717, 1.165) is 28.3 Å². The van der Waals surface area contributed by atoms with Gasteiger partial charge in [-0.25, -0.2) is 14.7 Å². The highest BCUT2D eigenvalue weighted by atomic mass is 19.4. The van der Waals surface area contributed by atoms with E-state index in [1.165, 1.54) is 0 Å². The zero-order valence-electron chi connectivity index (χ0n) is 17.1. The molecule has 0 aliphatic carbocycles. The van der Waals surface area contributed by atoms with E-state index in [-0.39, 0.29) is 18.4 Å². The molecule has 1 N–H and O–H groups in total. The fraction of sp³-hybridized carbons (Fsp3) is 0.316. The Balaban J connectivity index is 1.48. The fourth-order valence-electron chi connectivity index (χ4n) is 3.33. The topological polar surface area (TPSA) is 95.7 Å². The van der Waals surface area contributed by atoms with E-state index < -0.39 is 46.7 Å². The van der Waals surface area contributed by atoms with Crippen molar-refractivity contribution in [1.29, 1.82) is 0 Å². The Bertz CT molecular complexity index is 1150. The quantitative estimate of drug-likeness (QED) is 0.526. The van der Waals surface area contributed by atoms with Gasteiger partial charge in [0.1, 0.15) is 6.33 Å². The van der Waals surface area contributed by atoms with Gasteiger partial charge in [0.2, 0.25) is 0 Å². The third-order valence-corrected chi connectivity index (χ3v) is 4.94. The van der Waals surface area contributed by atoms with E-state index in [1.807, 2.05) is 0 Å². The summed E-state index contributed by atoms with van der Waals surface area (Å²) in [5.41, 5.74) is -1.12. The van der Waals surface area contributed by atoms with Gasteiger partial charge >= 0.3 is 18.3 Å². The smallest absolute Gasteiger partial charge is 0.349 e. The number of fused-ring (bicyclic) bond motifs is 1. The SMILES string of the molecule is O=C(/C=C\n1cnc(-c2cc(C(F)(F)F)cc(C(F)(F)F)c2)n1)NN1CCN2CCN=C2C1=O. The van der Waals surface area contributed by atoms with Crippen LogP contribution in [0.3, 0.4) is 0 Å². The van der Waals surface area contributed by atoms with Crippen molar-refractivity contribution in [2.24, 2.45) is 4.99 Å². The van der Waals surface area contributed by atoms with Gasteiger partial charge in [0, 0.05) is 30.9 Å². The molecule has 0 bridgehead atoms. The van der Waals surface area contributed by atoms with E-state index >= 15 is 0 Å². The third kappa shape index (κ3) is 4.87. The van der Waals surface area contributed by atoms with Gasteiger partial charge in [-0.1, -0.05) is 0 Å². The Morgan fingerprint density at radius 1 is 1.00 bits per heavy atom. The van der Waals surface area contributed by atoms with Crippen molar-refractivity contribution in [3.8, 4) is 11.4 Å². The second-order valence-corrected chi connectivity index (χ2v) is 7.28. The molecule has 1 aromatic heterocycles. The maximum atomic E-state index is 13.1. The molecule has 2 amide bonds. The Morgan fingerprint density at radius 3 is 2.32 bits per heavy atom. The van der Waals surface area contributed by atoms with E-state index in [9.17, 15) is 35.9 Å². The largest absolute Gasteiger partial charge is 0.416 e. The molecule has 1 fully saturated rings. The van der Waals surface area contributed by atoms with Crippen LogP contribution in [0.15, 0.2) is 35.6 Å². The molecule has 34 heavy (non-hydrogen) atoms. The number of nitrogens with zero attached hydrogens (tertiary/aromatic N) is 6. The number of amides is 2. The Morgan fingerprint density at radius 2 is 1.68 bits per heavy atom. The number of benzene rings is 1. The molecule has 1 aromatic carbocycles. The monoisotopic (exact) mass is 487 g/mol. The molecule has 0 unspecified atom stereocenters. The van der Waals surface area contributed by atoms with Gasteiger partial charge in [-0.05, 0) is 18.2 Å². The van der Waals surface area contributed by atoms with Crippen molar-refractivity contribution in [3.05, 3.63) is 41.7 Å². The first kappa shape index (κ1) is 23.3. The predicted octanol–water partition coefficient (Wildman–Crippen LogP) is 2.04. The number of rotatable bonds is 4. The lowest BCUT2D eigenvalue weighted by Gasteiger charge is -2.32. The minimum atomic E-state index is -5.01. The van der Waals surface area contributed by atoms with Crippen molar-refractivity contribution in [2.75, 3.05) is 26.2 Å². The number of carbonyl (C=O) groups excluding carboxylic acids is 2. The molecule has 0 atom stereocenters. The molecule has 0 saturated carbocycles. The van der Waals surface area contributed by atoms with Gasteiger partial charge in [0.15, 0.2) is 11.7 Å². The summed E-state index contributed by atoms with van der Waals surface area (Å²) in [5, 5.41) is 4.90. The summed E-state index contributed by atoms with van der Waals surface area (Å²) in [7, 11) is 0. The Labute approximate surface area is 187 Å². The van der Waals surface area contributed by atoms with Crippen LogP contribution in [0, 0.1) is 0 Å². The summed E-state index contributed by atoms with van der Waals surface area (Å²) in [6, 6.07) is 1.01. The average molecular weight is 487 g/mol. The first-order chi connectivity index (χ1) is 15.9. The van der Waals surface area contributed by atoms with Crippen molar-refractivity contribution >= 4 is 23.8 Å². The maximum Gasteiger partial charge on any atom is 0.416 e. The first-order valence-corrected chi connectivity index (χ1v) is 9.73. The number of halogens is 6. The van der Waals surface area contributed by atoms with Crippen molar-refractivity contribution < 1.29 is 35.9 Å². The maximum absolute atomic E-state index is 13.1. The number of hydrogen-bond acceptors (Lipinski definition) is 6. The highest BCUT2D eigenvalue weighted by molar-refractivity contribution is 6.38. The van der Waals surface area contributed by atoms with Crippen molar-refractivity contribution in [2.45, 2.75) is 12.4 Å². The van der Waals surface area contributed by atoms with Crippen LogP contribution in [0.2, 0.25) is 0 Å². The minimum Gasteiger partial charge on any atom is -0.349 e. The van der Waals surface area contributed by atoms with Crippen LogP contribution in [-0.4, -0.2) is 68.5 Å². The van der Waals surface area contributed by atoms with Gasteiger partial charge in [-0.15, -0.1) is 5.10 Å². The van der Waals surface area contributed by atoms with Crippen LogP contribution in [0.25, 0.3) is 17.6 Å². The molecule has 2 aliphatic heterocycles. The fourth-order valence-corrected chi connectivity index (χ4v) is 3.33. The third-order valence-electron chi connectivity index (χ3n) is 4.94. The highest BCUT2D eigenvalue weighted by Crippen LogP contribution is 2.38. The van der Waals surface area contributed by atoms with E-state index in [2.05, 4.69) is 20.5 Å². The number of carbonyl (C=O) groups is 2. The zero-order chi connectivity index (χ0) is 24.7. The molecule has 4 rings (SSSR count). The van der Waals surface area contributed by atoms with Crippen LogP contribution in [0.1, 0.15) is 11.1 Å². The molecule has 180 valence electrons. The van der Waals surface area contributed by atoms with Crippen LogP contribution in [0.5, 0.6) is 0 Å². The zero-order valence-corrected chi connectivity index (χ0v) is 17.1. The van der Waals surface area contributed by atoms with Gasteiger partial charge in [-0.3, -0.25) is 20.0 Å². The van der Waals surface area contributed by atoms with Crippen molar-refractivity contribution in [3.63, 3.8) is 0 Å². The second-order valence-electron chi connectivity index (χ2n) is 7.28. The standard InChI is InChI=1S/C19H15F6N7O2/c20-18(21,22)12-7-11(8-13(9-12)19(23,24)25)15-27-10-31(29-15)3-1-14(33)28-32-6-5-30-4-2-26-16(30)17(32)34/h1,3,7-10H,2,4-6H2,(H,28,33)/b3-1-. The number of hydrazine groups is 1. The van der Waals surface area contributed by atoms with Crippen LogP contribution in [0.4, 0.5) is 26.3 Å². The average Bonchev–Trinajstić information content (AvgIpc) is 3.43. The number of aliphatic imine (C=N–C) groups is 1.